The van der Waals surface area contributed by atoms with Gasteiger partial charge in [0.2, 0.25) is 12.6 Å². The average Bonchev–Trinajstić information content (AvgIpc) is 3.51. The van der Waals surface area contributed by atoms with Gasteiger partial charge in [0.1, 0.15) is 5.69 Å². The Labute approximate surface area is 208 Å². The van der Waals surface area contributed by atoms with Crippen LogP contribution in [-0.4, -0.2) is 47.2 Å². The molecule has 1 N–H and O–H groups in total. The lowest BCUT2D eigenvalue weighted by Crippen LogP contribution is -2.52. The number of nitrogens with one attached hydrogen (secondary N) is 1. The number of pyridine rings is 1. The van der Waals surface area contributed by atoms with Gasteiger partial charge in [-0.05, 0) is 35.4 Å². The predicted octanol–water partition coefficient (Wildman–Crippen LogP) is 4.02. The summed E-state index contributed by atoms with van der Waals surface area (Å²) in [6.07, 6.45) is 2.47. The summed E-state index contributed by atoms with van der Waals surface area (Å²) in [5.41, 5.74) is 1.78. The van der Waals surface area contributed by atoms with Gasteiger partial charge < -0.3 is 24.4 Å². The number of urea groups is 1. The van der Waals surface area contributed by atoms with Gasteiger partial charge in [0.15, 0.2) is 22.9 Å². The molecular weight excluding hydrogens is 458 g/mol. The van der Waals surface area contributed by atoms with Crippen LogP contribution in [0.25, 0.3) is 11.3 Å². The lowest BCUT2D eigenvalue weighted by Gasteiger charge is -2.37. The Balaban J connectivity index is 1.22. The van der Waals surface area contributed by atoms with E-state index < -0.39 is 5.60 Å². The molecule has 2 amide bonds. The maximum atomic E-state index is 14.0. The van der Waals surface area contributed by atoms with Crippen LogP contribution in [0.5, 0.6) is 11.5 Å². The lowest BCUT2D eigenvalue weighted by molar-refractivity contribution is -0.131. The largest absolute Gasteiger partial charge is 0.476 e. The number of likely N-dealkylation sites (tertiary alicyclic amines) is 1. The predicted molar refractivity (Wildman–Crippen MR) is 132 cm³/mol. The number of Topliss-reactive ketones (excluding diaryl/α,β-unsaturated/α-hetero) is 1. The molecule has 36 heavy (non-hydrogen) atoms. The topological polar surface area (TPSA) is 90.0 Å². The van der Waals surface area contributed by atoms with E-state index >= 15 is 0 Å². The lowest BCUT2D eigenvalue weighted by atomic mass is 9.83. The van der Waals surface area contributed by atoms with Crippen molar-refractivity contribution in [2.75, 3.05) is 19.9 Å². The number of aromatic nitrogens is 1. The number of hydrogen-bond donors (Lipinski definition) is 1. The smallest absolute Gasteiger partial charge is 0.317 e. The summed E-state index contributed by atoms with van der Waals surface area (Å²) in [5, 5.41) is 2.97. The van der Waals surface area contributed by atoms with Crippen molar-refractivity contribution < 1.29 is 23.8 Å². The van der Waals surface area contributed by atoms with E-state index in [0.717, 1.165) is 5.56 Å². The fourth-order valence-corrected chi connectivity index (χ4v) is 4.90. The number of fused-ring (bicyclic) bond motifs is 1. The van der Waals surface area contributed by atoms with E-state index in [2.05, 4.69) is 10.3 Å². The van der Waals surface area contributed by atoms with E-state index in [1.165, 1.54) is 0 Å². The average molecular weight is 484 g/mol. The Hall–Kier alpha value is -4.33. The van der Waals surface area contributed by atoms with Gasteiger partial charge in [-0.25, -0.2) is 4.79 Å². The number of hydrogen-bond acceptors (Lipinski definition) is 6. The van der Waals surface area contributed by atoms with Gasteiger partial charge in [-0.15, -0.1) is 0 Å². The van der Waals surface area contributed by atoms with E-state index in [1.54, 1.807) is 17.2 Å². The highest BCUT2D eigenvalue weighted by molar-refractivity contribution is 6.32. The third-order valence-electron chi connectivity index (χ3n) is 6.87. The molecule has 182 valence electrons. The SMILES string of the molecule is O=C(NCc1ccccc1)N1CCC2(CC1)OC(c1ccccn1)=C(c1ccc3c(c1)OCO3)C2=O. The Kier molecular flexibility index (Phi) is 5.56. The summed E-state index contributed by atoms with van der Waals surface area (Å²) < 4.78 is 17.4. The molecular formula is C28H25N3O5. The fraction of sp³-hybridized carbons (Fsp3) is 0.250. The van der Waals surface area contributed by atoms with E-state index in [9.17, 15) is 9.59 Å². The minimum Gasteiger partial charge on any atom is -0.476 e. The molecule has 3 aliphatic heterocycles. The van der Waals surface area contributed by atoms with Gasteiger partial charge in [-0.3, -0.25) is 9.78 Å². The first-order chi connectivity index (χ1) is 17.6. The Morgan fingerprint density at radius 2 is 1.75 bits per heavy atom. The highest BCUT2D eigenvalue weighted by Crippen LogP contribution is 2.47. The summed E-state index contributed by atoms with van der Waals surface area (Å²) in [4.78, 5) is 32.9. The first kappa shape index (κ1) is 22.2. The summed E-state index contributed by atoms with van der Waals surface area (Å²) in [6, 6.07) is 20.6. The van der Waals surface area contributed by atoms with Gasteiger partial charge >= 0.3 is 6.03 Å². The molecule has 2 aromatic carbocycles. The van der Waals surface area contributed by atoms with E-state index in [0.29, 0.717) is 66.6 Å². The molecule has 3 aromatic rings. The van der Waals surface area contributed by atoms with Crippen LogP contribution in [0.1, 0.15) is 29.7 Å². The first-order valence-corrected chi connectivity index (χ1v) is 12.0. The molecule has 0 bridgehead atoms. The maximum Gasteiger partial charge on any atom is 0.317 e. The minimum atomic E-state index is -1.03. The standard InChI is InChI=1S/C28H25N3O5/c32-26-24(20-9-10-22-23(16-20)35-18-34-22)25(21-8-4-5-13-29-21)36-28(26)11-14-31(15-12-28)27(33)30-17-19-6-2-1-3-7-19/h1-10,13,16H,11-12,14-15,17-18H2,(H,30,33). The summed E-state index contributed by atoms with van der Waals surface area (Å²) in [6.45, 7) is 1.43. The Bertz CT molecular complexity index is 1330. The molecule has 1 spiro atoms. The molecule has 8 nitrogen and oxygen atoms in total. The molecule has 1 aromatic heterocycles. The quantitative estimate of drug-likeness (QED) is 0.603. The second-order valence-corrected chi connectivity index (χ2v) is 9.04. The van der Waals surface area contributed by atoms with Crippen molar-refractivity contribution in [3.63, 3.8) is 0 Å². The summed E-state index contributed by atoms with van der Waals surface area (Å²) >= 11 is 0. The van der Waals surface area contributed by atoms with Crippen molar-refractivity contribution in [2.45, 2.75) is 25.0 Å². The van der Waals surface area contributed by atoms with Crippen molar-refractivity contribution in [1.82, 2.24) is 15.2 Å². The first-order valence-electron chi connectivity index (χ1n) is 12.0. The molecule has 0 saturated carbocycles. The zero-order chi connectivity index (χ0) is 24.5. The van der Waals surface area contributed by atoms with E-state index in [-0.39, 0.29) is 18.6 Å². The molecule has 1 fully saturated rings. The third kappa shape index (κ3) is 3.94. The van der Waals surface area contributed by atoms with Crippen molar-refractivity contribution in [3.05, 3.63) is 89.7 Å². The van der Waals surface area contributed by atoms with Gasteiger partial charge in [-0.2, -0.15) is 0 Å². The molecule has 3 aliphatic rings. The maximum absolute atomic E-state index is 14.0. The highest BCUT2D eigenvalue weighted by Gasteiger charge is 2.52. The molecule has 4 heterocycles. The highest BCUT2D eigenvalue weighted by atomic mass is 16.7. The molecule has 6 rings (SSSR count). The van der Waals surface area contributed by atoms with Crippen molar-refractivity contribution in [3.8, 4) is 11.5 Å². The number of amides is 2. The molecule has 0 radical (unpaired) electrons. The number of ketones is 1. The van der Waals surface area contributed by atoms with Gasteiger partial charge in [0.25, 0.3) is 0 Å². The molecule has 1 saturated heterocycles. The van der Waals surface area contributed by atoms with Crippen LogP contribution in [-0.2, 0) is 16.1 Å². The van der Waals surface area contributed by atoms with Gasteiger partial charge in [0.05, 0.1) is 5.57 Å². The summed E-state index contributed by atoms with van der Waals surface area (Å²) in [7, 11) is 0. The van der Waals surface area contributed by atoms with Crippen molar-refractivity contribution in [1.29, 1.82) is 0 Å². The van der Waals surface area contributed by atoms with E-state index in [1.807, 2.05) is 60.7 Å². The van der Waals surface area contributed by atoms with Crippen LogP contribution in [0, 0.1) is 0 Å². The summed E-state index contributed by atoms with van der Waals surface area (Å²) in [5.74, 6) is 1.61. The number of benzene rings is 2. The van der Waals surface area contributed by atoms with Crippen LogP contribution in [0.4, 0.5) is 4.79 Å². The number of rotatable bonds is 4. The number of nitrogens with zero attached hydrogens (tertiary/aromatic N) is 2. The monoisotopic (exact) mass is 483 g/mol. The number of carbonyl (C=O) groups excluding carboxylic acids is 2. The number of ether oxygens (including phenoxy) is 3. The Morgan fingerprint density at radius 1 is 0.972 bits per heavy atom. The van der Waals surface area contributed by atoms with Crippen molar-refractivity contribution in [2.24, 2.45) is 0 Å². The van der Waals surface area contributed by atoms with Crippen molar-refractivity contribution >= 4 is 23.1 Å². The normalized spacial score (nSPS) is 17.9. The van der Waals surface area contributed by atoms with Crippen LogP contribution < -0.4 is 14.8 Å². The third-order valence-corrected chi connectivity index (χ3v) is 6.87. The molecule has 0 atom stereocenters. The fourth-order valence-electron chi connectivity index (χ4n) is 4.90. The molecule has 0 aliphatic carbocycles. The van der Waals surface area contributed by atoms with Gasteiger partial charge in [-0.1, -0.05) is 42.5 Å². The molecule has 8 heteroatoms. The zero-order valence-electron chi connectivity index (χ0n) is 19.6. The minimum absolute atomic E-state index is 0.0913. The van der Waals surface area contributed by atoms with E-state index in [4.69, 9.17) is 14.2 Å². The van der Waals surface area contributed by atoms with Crippen LogP contribution in [0.3, 0.4) is 0 Å². The van der Waals surface area contributed by atoms with Gasteiger partial charge in [0, 0.05) is 38.7 Å². The van der Waals surface area contributed by atoms with Crippen LogP contribution in [0.2, 0.25) is 0 Å². The molecule has 0 unspecified atom stereocenters. The second kappa shape index (κ2) is 9.03. The Morgan fingerprint density at radius 3 is 2.53 bits per heavy atom. The van der Waals surface area contributed by atoms with Crippen LogP contribution >= 0.6 is 0 Å². The zero-order valence-corrected chi connectivity index (χ0v) is 19.6. The number of carbonyl (C=O) groups is 2. The second-order valence-electron chi connectivity index (χ2n) is 9.04. The number of piperidine rings is 1. The van der Waals surface area contributed by atoms with Crippen LogP contribution in [0.15, 0.2) is 72.9 Å².